The maximum Gasteiger partial charge on any atom is 0.325 e. The third-order valence-electron chi connectivity index (χ3n) is 3.95. The number of ether oxygens (including phenoxy) is 1. The van der Waals surface area contributed by atoms with Crippen molar-refractivity contribution in [2.24, 2.45) is 0 Å². The van der Waals surface area contributed by atoms with Crippen molar-refractivity contribution in [3.05, 3.63) is 35.0 Å². The molecule has 0 saturated carbocycles. The zero-order valence-corrected chi connectivity index (χ0v) is 15.4. The molecule has 4 nitrogen and oxygen atoms in total. The molecular formula is C17H20BrClN2O2. The van der Waals surface area contributed by atoms with E-state index >= 15 is 0 Å². The molecule has 2 heterocycles. The van der Waals surface area contributed by atoms with Crippen molar-refractivity contribution in [3.8, 4) is 0 Å². The molecule has 0 atom stereocenters. The molecule has 124 valence electrons. The Morgan fingerprint density at radius 1 is 1.39 bits per heavy atom. The highest BCUT2D eigenvalue weighted by atomic mass is 79.9. The van der Waals surface area contributed by atoms with Gasteiger partial charge in [0.15, 0.2) is 6.21 Å². The number of benzene rings is 1. The number of fused-ring (bicyclic) bond motifs is 1. The number of nitrogens with zero attached hydrogens (tertiary/aromatic N) is 2. The average Bonchev–Trinajstić information content (AvgIpc) is 3.09. The van der Waals surface area contributed by atoms with Gasteiger partial charge >= 0.3 is 5.97 Å². The summed E-state index contributed by atoms with van der Waals surface area (Å²) in [7, 11) is 0. The number of halogens is 2. The van der Waals surface area contributed by atoms with Gasteiger partial charge in [0.2, 0.25) is 0 Å². The Kier molecular flexibility index (Phi) is 6.25. The van der Waals surface area contributed by atoms with Crippen LogP contribution in [-0.2, 0) is 16.1 Å². The smallest absolute Gasteiger partial charge is 0.325 e. The van der Waals surface area contributed by atoms with Crippen LogP contribution in [-0.4, -0.2) is 41.0 Å². The summed E-state index contributed by atoms with van der Waals surface area (Å²) >= 11 is 6.35. The Balaban J connectivity index is 0.00000192. The molecule has 6 heteroatoms. The van der Waals surface area contributed by atoms with E-state index in [4.69, 9.17) is 16.3 Å². The van der Waals surface area contributed by atoms with Crippen LogP contribution in [0.1, 0.15) is 25.3 Å². The highest BCUT2D eigenvalue weighted by molar-refractivity contribution is 6.35. The molecule has 0 bridgehead atoms. The fraction of sp³-hybridized carbons (Fsp3) is 0.412. The van der Waals surface area contributed by atoms with E-state index in [-0.39, 0.29) is 29.5 Å². The van der Waals surface area contributed by atoms with Crippen molar-refractivity contribution in [2.45, 2.75) is 26.3 Å². The van der Waals surface area contributed by atoms with Crippen LogP contribution in [0.2, 0.25) is 5.02 Å². The number of carbonyl (C=O) groups is 1. The number of hydrogen-bond donors (Lipinski definition) is 0. The minimum Gasteiger partial charge on any atom is -1.00 e. The van der Waals surface area contributed by atoms with Crippen molar-refractivity contribution >= 4 is 34.7 Å². The van der Waals surface area contributed by atoms with E-state index in [1.165, 1.54) is 12.8 Å². The molecule has 1 fully saturated rings. The molecule has 0 radical (unpaired) electrons. The number of para-hydroxylation sites is 1. The molecule has 1 aliphatic heterocycles. The number of rotatable bonds is 4. The van der Waals surface area contributed by atoms with Crippen LogP contribution in [0.4, 0.5) is 0 Å². The van der Waals surface area contributed by atoms with Crippen molar-refractivity contribution < 1.29 is 31.1 Å². The summed E-state index contributed by atoms with van der Waals surface area (Å²) in [6.07, 6.45) is 6.64. The minimum atomic E-state index is -0.243. The summed E-state index contributed by atoms with van der Waals surface area (Å²) in [5.41, 5.74) is 1.99. The van der Waals surface area contributed by atoms with E-state index < -0.39 is 0 Å². The minimum absolute atomic E-state index is 0. The van der Waals surface area contributed by atoms with Gasteiger partial charge in [0.25, 0.3) is 0 Å². The number of carbonyl (C=O) groups excluding carboxylic acids is 1. The zero-order chi connectivity index (χ0) is 15.5. The lowest BCUT2D eigenvalue weighted by molar-refractivity contribution is -0.500. The quantitative estimate of drug-likeness (QED) is 0.539. The SMILES string of the molecule is CCOC(=O)Cn1cc(C=[N+]2CCCC2)c2cccc(Cl)c21.[Br-]. The summed E-state index contributed by atoms with van der Waals surface area (Å²) in [5.74, 6) is -0.243. The Bertz CT molecular complexity index is 732. The molecule has 0 N–H and O–H groups in total. The van der Waals surface area contributed by atoms with E-state index in [1.807, 2.05) is 35.9 Å². The van der Waals surface area contributed by atoms with Crippen LogP contribution >= 0.6 is 11.6 Å². The summed E-state index contributed by atoms with van der Waals surface area (Å²) in [6, 6.07) is 5.84. The van der Waals surface area contributed by atoms with Crippen LogP contribution in [0.15, 0.2) is 24.4 Å². The van der Waals surface area contributed by atoms with E-state index in [2.05, 4.69) is 10.8 Å². The van der Waals surface area contributed by atoms with Gasteiger partial charge in [-0.2, -0.15) is 0 Å². The van der Waals surface area contributed by atoms with E-state index in [9.17, 15) is 4.79 Å². The maximum atomic E-state index is 11.8. The lowest BCUT2D eigenvalue weighted by Gasteiger charge is -2.05. The van der Waals surface area contributed by atoms with Crippen LogP contribution in [0.25, 0.3) is 10.9 Å². The van der Waals surface area contributed by atoms with Gasteiger partial charge in [-0.3, -0.25) is 4.79 Å². The van der Waals surface area contributed by atoms with E-state index in [0.717, 1.165) is 29.6 Å². The fourth-order valence-electron chi connectivity index (χ4n) is 2.98. The van der Waals surface area contributed by atoms with Crippen LogP contribution in [0.5, 0.6) is 0 Å². The molecule has 2 aromatic rings. The first-order valence-corrected chi connectivity index (χ1v) is 8.08. The van der Waals surface area contributed by atoms with Gasteiger partial charge in [-0.15, -0.1) is 0 Å². The predicted octanol–water partition coefficient (Wildman–Crippen LogP) is 0.0870. The predicted molar refractivity (Wildman–Crippen MR) is 88.0 cm³/mol. The Hall–Kier alpha value is -1.33. The van der Waals surface area contributed by atoms with Gasteiger partial charge in [0, 0.05) is 24.4 Å². The highest BCUT2D eigenvalue weighted by Gasteiger charge is 2.17. The summed E-state index contributed by atoms with van der Waals surface area (Å²) in [6.45, 7) is 4.56. The molecule has 1 saturated heterocycles. The fourth-order valence-corrected chi connectivity index (χ4v) is 3.27. The third-order valence-corrected chi connectivity index (χ3v) is 4.25. The van der Waals surface area contributed by atoms with Crippen molar-refractivity contribution in [1.29, 1.82) is 0 Å². The monoisotopic (exact) mass is 398 g/mol. The van der Waals surface area contributed by atoms with Crippen molar-refractivity contribution in [2.75, 3.05) is 19.7 Å². The largest absolute Gasteiger partial charge is 1.00 e. The van der Waals surface area contributed by atoms with Gasteiger partial charge in [-0.25, -0.2) is 4.58 Å². The van der Waals surface area contributed by atoms with Crippen LogP contribution < -0.4 is 17.0 Å². The molecule has 3 rings (SSSR count). The van der Waals surface area contributed by atoms with Gasteiger partial charge < -0.3 is 26.3 Å². The summed E-state index contributed by atoms with van der Waals surface area (Å²) in [4.78, 5) is 11.8. The molecule has 1 aromatic carbocycles. The third kappa shape index (κ3) is 3.96. The van der Waals surface area contributed by atoms with E-state index in [0.29, 0.717) is 11.6 Å². The molecule has 0 spiro atoms. The first-order valence-electron chi connectivity index (χ1n) is 7.71. The van der Waals surface area contributed by atoms with Crippen LogP contribution in [0, 0.1) is 0 Å². The lowest BCUT2D eigenvalue weighted by Crippen LogP contribution is -3.00. The summed E-state index contributed by atoms with van der Waals surface area (Å²) < 4.78 is 9.26. The second kappa shape index (κ2) is 7.97. The van der Waals surface area contributed by atoms with Gasteiger partial charge in [0.1, 0.15) is 19.6 Å². The number of aromatic nitrogens is 1. The highest BCUT2D eigenvalue weighted by Crippen LogP contribution is 2.27. The standard InChI is InChI=1S/C17H20ClN2O2.BrH/c1-2-22-16(21)12-20-11-13(10-19-8-3-4-9-19)14-6-5-7-15(18)17(14)20;/h5-7,10-11H,2-4,8-9,12H2,1H3;1H/q+1;/p-1. The Morgan fingerprint density at radius 2 is 2.13 bits per heavy atom. The van der Waals surface area contributed by atoms with Crippen molar-refractivity contribution in [1.82, 2.24) is 4.57 Å². The van der Waals surface area contributed by atoms with Gasteiger partial charge in [-0.1, -0.05) is 23.7 Å². The average molecular weight is 400 g/mol. The molecule has 0 amide bonds. The molecule has 1 aliphatic rings. The first kappa shape index (κ1) is 18.0. The topological polar surface area (TPSA) is 34.2 Å². The molecule has 1 aromatic heterocycles. The van der Waals surface area contributed by atoms with E-state index in [1.54, 1.807) is 0 Å². The molecule has 0 unspecified atom stereocenters. The van der Waals surface area contributed by atoms with Crippen LogP contribution in [0.3, 0.4) is 0 Å². The molecular weight excluding hydrogens is 380 g/mol. The normalized spacial score (nSPS) is 13.9. The van der Waals surface area contributed by atoms with Crippen molar-refractivity contribution in [3.63, 3.8) is 0 Å². The zero-order valence-electron chi connectivity index (χ0n) is 13.1. The number of esters is 1. The second-order valence-electron chi connectivity index (χ2n) is 5.53. The lowest BCUT2D eigenvalue weighted by atomic mass is 10.2. The van der Waals surface area contributed by atoms with Gasteiger partial charge in [-0.05, 0) is 13.0 Å². The Labute approximate surface area is 151 Å². The van der Waals surface area contributed by atoms with Gasteiger partial charge in [0.05, 0.1) is 22.7 Å². The second-order valence-corrected chi connectivity index (χ2v) is 5.93. The molecule has 23 heavy (non-hydrogen) atoms. The maximum absolute atomic E-state index is 11.8. The number of hydrogen-bond acceptors (Lipinski definition) is 2. The first-order chi connectivity index (χ1) is 10.7. The summed E-state index contributed by atoms with van der Waals surface area (Å²) in [5, 5.41) is 1.73. The Morgan fingerprint density at radius 3 is 2.83 bits per heavy atom. The molecule has 0 aliphatic carbocycles.